The second kappa shape index (κ2) is 25.5. The van der Waals surface area contributed by atoms with E-state index in [2.05, 4.69) is 19.2 Å². The lowest BCUT2D eigenvalue weighted by Gasteiger charge is -2.40. The molecule has 1 saturated heterocycles. The highest BCUT2D eigenvalue weighted by atomic mass is 16.7. The van der Waals surface area contributed by atoms with Crippen LogP contribution in [-0.4, -0.2) is 87.5 Å². The zero-order chi connectivity index (χ0) is 31.0. The van der Waals surface area contributed by atoms with Gasteiger partial charge in [0.15, 0.2) is 6.29 Å². The number of hydrogen-bond acceptors (Lipinski definition) is 8. The molecule has 1 rings (SSSR count). The predicted molar refractivity (Wildman–Crippen MR) is 166 cm³/mol. The van der Waals surface area contributed by atoms with Crippen molar-refractivity contribution in [3.63, 3.8) is 0 Å². The Kier molecular flexibility index (Phi) is 23.8. The molecule has 250 valence electrons. The molecule has 1 aliphatic heterocycles. The molecular weight excluding hydrogens is 538 g/mol. The summed E-state index contributed by atoms with van der Waals surface area (Å²) in [7, 11) is 0. The summed E-state index contributed by atoms with van der Waals surface area (Å²) in [6, 6.07) is -0.706. The highest BCUT2D eigenvalue weighted by Gasteiger charge is 2.44. The summed E-state index contributed by atoms with van der Waals surface area (Å²) >= 11 is 0. The Morgan fingerprint density at radius 3 is 1.69 bits per heavy atom. The molecule has 1 fully saturated rings. The van der Waals surface area contributed by atoms with E-state index in [1.807, 2.05) is 0 Å². The Morgan fingerprint density at radius 2 is 1.19 bits per heavy atom. The van der Waals surface area contributed by atoms with Crippen LogP contribution in [0.25, 0.3) is 0 Å². The topological polar surface area (TPSA) is 149 Å². The minimum absolute atomic E-state index is 0.134. The van der Waals surface area contributed by atoms with Crippen LogP contribution in [0.15, 0.2) is 0 Å². The molecule has 0 aromatic heterocycles. The zero-order valence-electron chi connectivity index (χ0n) is 26.8. The van der Waals surface area contributed by atoms with Crippen molar-refractivity contribution in [3.8, 4) is 0 Å². The number of aliphatic hydroxyl groups excluding tert-OH is 5. The van der Waals surface area contributed by atoms with Gasteiger partial charge < -0.3 is 40.3 Å². The van der Waals surface area contributed by atoms with E-state index in [0.29, 0.717) is 12.8 Å². The standard InChI is InChI=1S/C33H65NO8/c1-3-5-7-9-11-12-13-14-15-16-17-18-20-22-27(36)26(34-29(37)23-21-19-10-8-6-4-2)25-41-33-32(40)31(39)30(38)28(24-35)42-33/h26-28,30-33,35-36,38-40H,3-25H2,1-2H3,(H,34,37). The lowest BCUT2D eigenvalue weighted by atomic mass is 9.99. The average molecular weight is 604 g/mol. The Balaban J connectivity index is 2.44. The number of carbonyl (C=O) groups is 1. The van der Waals surface area contributed by atoms with Crippen LogP contribution in [0, 0.1) is 0 Å². The largest absolute Gasteiger partial charge is 0.394 e. The average Bonchev–Trinajstić information content (AvgIpc) is 2.98. The van der Waals surface area contributed by atoms with Crippen LogP contribution >= 0.6 is 0 Å². The van der Waals surface area contributed by atoms with E-state index < -0.39 is 49.5 Å². The van der Waals surface area contributed by atoms with Crippen LogP contribution in [0.5, 0.6) is 0 Å². The van der Waals surface area contributed by atoms with Crippen molar-refractivity contribution in [2.24, 2.45) is 0 Å². The molecule has 9 heteroatoms. The highest BCUT2D eigenvalue weighted by Crippen LogP contribution is 2.23. The van der Waals surface area contributed by atoms with Gasteiger partial charge in [-0.25, -0.2) is 0 Å². The third kappa shape index (κ3) is 17.5. The van der Waals surface area contributed by atoms with Gasteiger partial charge in [-0.1, -0.05) is 129 Å². The summed E-state index contributed by atoms with van der Waals surface area (Å²) in [5, 5.41) is 53.7. The minimum atomic E-state index is -1.54. The Labute approximate surface area is 255 Å². The molecule has 0 saturated carbocycles. The van der Waals surface area contributed by atoms with Crippen molar-refractivity contribution in [3.05, 3.63) is 0 Å². The van der Waals surface area contributed by atoms with Crippen LogP contribution in [0.3, 0.4) is 0 Å². The molecule has 9 nitrogen and oxygen atoms in total. The summed E-state index contributed by atoms with van der Waals surface area (Å²) in [5.41, 5.74) is 0. The monoisotopic (exact) mass is 603 g/mol. The van der Waals surface area contributed by atoms with Crippen molar-refractivity contribution >= 4 is 5.91 Å². The van der Waals surface area contributed by atoms with Gasteiger partial charge in [-0.05, 0) is 12.8 Å². The van der Waals surface area contributed by atoms with Crippen LogP contribution in [0.2, 0.25) is 0 Å². The van der Waals surface area contributed by atoms with E-state index in [1.54, 1.807) is 0 Å². The van der Waals surface area contributed by atoms with Gasteiger partial charge in [-0.15, -0.1) is 0 Å². The Morgan fingerprint density at radius 1 is 0.714 bits per heavy atom. The highest BCUT2D eigenvalue weighted by molar-refractivity contribution is 5.76. The van der Waals surface area contributed by atoms with Crippen molar-refractivity contribution in [1.29, 1.82) is 0 Å². The molecule has 1 heterocycles. The molecule has 42 heavy (non-hydrogen) atoms. The molecule has 0 aliphatic carbocycles. The van der Waals surface area contributed by atoms with Crippen molar-refractivity contribution in [2.45, 2.75) is 192 Å². The van der Waals surface area contributed by atoms with Gasteiger partial charge >= 0.3 is 0 Å². The third-order valence-electron chi connectivity index (χ3n) is 8.46. The van der Waals surface area contributed by atoms with E-state index >= 15 is 0 Å². The van der Waals surface area contributed by atoms with E-state index in [-0.39, 0.29) is 12.5 Å². The van der Waals surface area contributed by atoms with Gasteiger partial charge in [-0.2, -0.15) is 0 Å². The summed E-state index contributed by atoms with van der Waals surface area (Å²) in [5.74, 6) is -0.155. The molecule has 7 unspecified atom stereocenters. The molecule has 0 aromatic carbocycles. The van der Waals surface area contributed by atoms with E-state index in [1.165, 1.54) is 83.5 Å². The molecule has 1 amide bonds. The summed E-state index contributed by atoms with van der Waals surface area (Å²) < 4.78 is 11.1. The normalized spacial score (nSPS) is 24.0. The molecule has 0 bridgehead atoms. The molecule has 0 aromatic rings. The predicted octanol–water partition coefficient (Wildman–Crippen LogP) is 4.88. The molecule has 1 aliphatic rings. The number of amides is 1. The lowest BCUT2D eigenvalue weighted by Crippen LogP contribution is -2.60. The first-order valence-corrected chi connectivity index (χ1v) is 17.2. The van der Waals surface area contributed by atoms with Gasteiger partial charge in [0.05, 0.1) is 25.4 Å². The second-order valence-electron chi connectivity index (χ2n) is 12.3. The van der Waals surface area contributed by atoms with Crippen LogP contribution in [-0.2, 0) is 14.3 Å². The van der Waals surface area contributed by atoms with Crippen molar-refractivity contribution in [2.75, 3.05) is 13.2 Å². The lowest BCUT2D eigenvalue weighted by molar-refractivity contribution is -0.302. The fourth-order valence-electron chi connectivity index (χ4n) is 5.57. The second-order valence-corrected chi connectivity index (χ2v) is 12.3. The van der Waals surface area contributed by atoms with Gasteiger partial charge in [-0.3, -0.25) is 4.79 Å². The first-order valence-electron chi connectivity index (χ1n) is 17.2. The SMILES string of the molecule is CCCCCCCCCCCCCCCC(O)C(COC1OC(CO)C(O)C(O)C1O)NC(=O)CCCCCCCC. The summed E-state index contributed by atoms with van der Waals surface area (Å²) in [6.07, 6.45) is 15.6. The Bertz CT molecular complexity index is 637. The number of unbranched alkanes of at least 4 members (excludes halogenated alkanes) is 17. The van der Waals surface area contributed by atoms with Crippen LogP contribution in [0.4, 0.5) is 0 Å². The number of hydrogen-bond donors (Lipinski definition) is 6. The molecule has 7 atom stereocenters. The number of rotatable bonds is 27. The molecule has 6 N–H and O–H groups in total. The maximum absolute atomic E-state index is 12.7. The van der Waals surface area contributed by atoms with E-state index in [9.17, 15) is 30.3 Å². The Hall–Kier alpha value is -0.810. The smallest absolute Gasteiger partial charge is 0.220 e. The molecule has 0 spiro atoms. The minimum Gasteiger partial charge on any atom is -0.394 e. The number of nitrogens with one attached hydrogen (secondary N) is 1. The summed E-state index contributed by atoms with van der Waals surface area (Å²) in [6.45, 7) is 3.73. The van der Waals surface area contributed by atoms with Crippen molar-refractivity contribution < 1.29 is 39.8 Å². The van der Waals surface area contributed by atoms with E-state index in [0.717, 1.165) is 38.5 Å². The summed E-state index contributed by atoms with van der Waals surface area (Å²) in [4.78, 5) is 12.7. The first-order chi connectivity index (χ1) is 20.3. The van der Waals surface area contributed by atoms with Crippen LogP contribution < -0.4 is 5.32 Å². The first kappa shape index (κ1) is 39.2. The number of ether oxygens (including phenoxy) is 2. The zero-order valence-corrected chi connectivity index (χ0v) is 26.8. The van der Waals surface area contributed by atoms with Crippen LogP contribution in [0.1, 0.15) is 149 Å². The third-order valence-corrected chi connectivity index (χ3v) is 8.46. The number of aliphatic hydroxyl groups is 5. The number of carbonyl (C=O) groups excluding carboxylic acids is 1. The quantitative estimate of drug-likeness (QED) is 0.0728. The maximum Gasteiger partial charge on any atom is 0.220 e. The van der Waals surface area contributed by atoms with E-state index in [4.69, 9.17) is 9.47 Å². The maximum atomic E-state index is 12.7. The van der Waals surface area contributed by atoms with Gasteiger partial charge in [0.2, 0.25) is 5.91 Å². The van der Waals surface area contributed by atoms with Gasteiger partial charge in [0.1, 0.15) is 24.4 Å². The molecule has 0 radical (unpaired) electrons. The van der Waals surface area contributed by atoms with Gasteiger partial charge in [0, 0.05) is 6.42 Å². The molecular formula is C33H65NO8. The fraction of sp³-hybridized carbons (Fsp3) is 0.970. The van der Waals surface area contributed by atoms with Gasteiger partial charge in [0.25, 0.3) is 0 Å². The van der Waals surface area contributed by atoms with Crippen molar-refractivity contribution in [1.82, 2.24) is 5.32 Å². The fourth-order valence-corrected chi connectivity index (χ4v) is 5.57.